The van der Waals surface area contributed by atoms with Crippen molar-refractivity contribution in [1.29, 1.82) is 0 Å². The Morgan fingerprint density at radius 1 is 1.08 bits per heavy atom. The largest absolute Gasteiger partial charge is 0.460 e. The number of fused-ring (bicyclic) bond motifs is 1. The normalized spacial score (nSPS) is 11.0. The number of benzene rings is 2. The fourth-order valence-electron chi connectivity index (χ4n) is 2.30. The number of carbonyl (C=O) groups is 1. The zero-order valence-corrected chi connectivity index (χ0v) is 13.0. The fraction of sp³-hybridized carbons (Fsp3) is 0.105. The van der Waals surface area contributed by atoms with Gasteiger partial charge in [0.2, 0.25) is 0 Å². The third kappa shape index (κ3) is 3.76. The molecule has 120 valence electrons. The van der Waals surface area contributed by atoms with E-state index in [1.807, 2.05) is 42.5 Å². The summed E-state index contributed by atoms with van der Waals surface area (Å²) < 4.78 is 6.23. The Bertz CT molecular complexity index is 930. The number of rotatable bonds is 5. The average Bonchev–Trinajstić information content (AvgIpc) is 2.62. The van der Waals surface area contributed by atoms with Crippen molar-refractivity contribution in [2.45, 2.75) is 6.54 Å². The van der Waals surface area contributed by atoms with E-state index in [2.05, 4.69) is 5.10 Å². The summed E-state index contributed by atoms with van der Waals surface area (Å²) in [7, 11) is 0. The van der Waals surface area contributed by atoms with Gasteiger partial charge in [-0.15, -0.1) is 0 Å². The lowest BCUT2D eigenvalue weighted by Gasteiger charge is -2.05. The van der Waals surface area contributed by atoms with E-state index in [9.17, 15) is 9.59 Å². The molecule has 0 aliphatic rings. The predicted octanol–water partition coefficient (Wildman–Crippen LogP) is 2.65. The van der Waals surface area contributed by atoms with Crippen molar-refractivity contribution in [3.63, 3.8) is 0 Å². The van der Waals surface area contributed by atoms with Gasteiger partial charge in [0.1, 0.15) is 13.2 Å². The molecular formula is C19H16N2O3. The molecule has 0 unspecified atom stereocenters. The lowest BCUT2D eigenvalue weighted by atomic mass is 10.2. The Morgan fingerprint density at radius 3 is 2.67 bits per heavy atom. The Balaban J connectivity index is 1.60. The van der Waals surface area contributed by atoms with Crippen LogP contribution in [-0.2, 0) is 16.1 Å². The number of aromatic nitrogens is 2. The lowest BCUT2D eigenvalue weighted by Crippen LogP contribution is -2.27. The minimum atomic E-state index is -0.502. The van der Waals surface area contributed by atoms with Crippen molar-refractivity contribution in [3.05, 3.63) is 82.8 Å². The SMILES string of the molecule is O=C(Cn1ncc2ccccc2c1=O)OC/C=C/c1ccccc1. The maximum atomic E-state index is 12.3. The molecule has 0 amide bonds. The van der Waals surface area contributed by atoms with Gasteiger partial charge in [0, 0.05) is 5.39 Å². The lowest BCUT2D eigenvalue weighted by molar-refractivity contribution is -0.143. The third-order valence-corrected chi connectivity index (χ3v) is 3.49. The average molecular weight is 320 g/mol. The first-order valence-electron chi connectivity index (χ1n) is 7.56. The number of nitrogens with zero attached hydrogens (tertiary/aromatic N) is 2. The van der Waals surface area contributed by atoms with Crippen LogP contribution in [0, 0.1) is 0 Å². The summed E-state index contributed by atoms with van der Waals surface area (Å²) >= 11 is 0. The zero-order valence-electron chi connectivity index (χ0n) is 13.0. The molecule has 0 spiro atoms. The van der Waals surface area contributed by atoms with Gasteiger partial charge in [0.05, 0.1) is 11.6 Å². The molecule has 3 rings (SSSR count). The first-order valence-corrected chi connectivity index (χ1v) is 7.56. The van der Waals surface area contributed by atoms with Crippen LogP contribution in [0.4, 0.5) is 0 Å². The second-order valence-electron chi connectivity index (χ2n) is 5.19. The van der Waals surface area contributed by atoms with E-state index >= 15 is 0 Å². The second-order valence-corrected chi connectivity index (χ2v) is 5.19. The highest BCUT2D eigenvalue weighted by Gasteiger charge is 2.08. The molecule has 5 heteroatoms. The fourth-order valence-corrected chi connectivity index (χ4v) is 2.30. The molecule has 0 aliphatic heterocycles. The molecule has 0 fully saturated rings. The zero-order chi connectivity index (χ0) is 16.8. The summed E-state index contributed by atoms with van der Waals surface area (Å²) in [6.45, 7) is -0.0566. The molecule has 5 nitrogen and oxygen atoms in total. The molecule has 3 aromatic rings. The minimum absolute atomic E-state index is 0.149. The molecule has 0 atom stereocenters. The van der Waals surface area contributed by atoms with Crippen molar-refractivity contribution < 1.29 is 9.53 Å². The van der Waals surface area contributed by atoms with Crippen LogP contribution in [0.5, 0.6) is 0 Å². The predicted molar refractivity (Wildman–Crippen MR) is 92.4 cm³/mol. The standard InChI is InChI=1S/C19H16N2O3/c22-18(24-12-6-9-15-7-2-1-3-8-15)14-21-19(23)17-11-5-4-10-16(17)13-20-21/h1-11,13H,12,14H2/b9-6+. The van der Waals surface area contributed by atoms with E-state index in [-0.39, 0.29) is 18.7 Å². The van der Waals surface area contributed by atoms with Gasteiger partial charge in [-0.3, -0.25) is 9.59 Å². The van der Waals surface area contributed by atoms with Crippen molar-refractivity contribution >= 4 is 22.8 Å². The molecule has 1 heterocycles. The van der Waals surface area contributed by atoms with Crippen LogP contribution in [0.1, 0.15) is 5.56 Å². The van der Waals surface area contributed by atoms with E-state index in [1.54, 1.807) is 30.5 Å². The van der Waals surface area contributed by atoms with E-state index in [1.165, 1.54) is 0 Å². The van der Waals surface area contributed by atoms with E-state index in [0.29, 0.717) is 5.39 Å². The summed E-state index contributed by atoms with van der Waals surface area (Å²) in [4.78, 5) is 24.1. The van der Waals surface area contributed by atoms with Crippen molar-refractivity contribution in [1.82, 2.24) is 9.78 Å². The second kappa shape index (κ2) is 7.37. The van der Waals surface area contributed by atoms with Crippen LogP contribution in [0.3, 0.4) is 0 Å². The molecule has 0 aliphatic carbocycles. The van der Waals surface area contributed by atoms with Crippen LogP contribution >= 0.6 is 0 Å². The topological polar surface area (TPSA) is 61.2 Å². The smallest absolute Gasteiger partial charge is 0.328 e. The molecule has 0 saturated carbocycles. The Morgan fingerprint density at radius 2 is 1.83 bits per heavy atom. The molecule has 0 saturated heterocycles. The van der Waals surface area contributed by atoms with Gasteiger partial charge in [0.25, 0.3) is 5.56 Å². The first-order chi connectivity index (χ1) is 11.7. The molecule has 0 radical (unpaired) electrons. The van der Waals surface area contributed by atoms with Crippen LogP contribution in [0.2, 0.25) is 0 Å². The van der Waals surface area contributed by atoms with Crippen molar-refractivity contribution in [2.75, 3.05) is 6.61 Å². The van der Waals surface area contributed by atoms with Gasteiger partial charge in [-0.25, -0.2) is 4.68 Å². The monoisotopic (exact) mass is 320 g/mol. The number of esters is 1. The van der Waals surface area contributed by atoms with Crippen LogP contribution in [0.15, 0.2) is 71.7 Å². The molecule has 24 heavy (non-hydrogen) atoms. The Labute approximate surface area is 138 Å². The summed E-state index contributed by atoms with van der Waals surface area (Å²) in [5.41, 5.74) is 0.728. The number of ether oxygens (including phenoxy) is 1. The Kier molecular flexibility index (Phi) is 4.81. The van der Waals surface area contributed by atoms with E-state index < -0.39 is 5.97 Å². The molecular weight excluding hydrogens is 304 g/mol. The number of hydrogen-bond donors (Lipinski definition) is 0. The Hall–Kier alpha value is -3.21. The third-order valence-electron chi connectivity index (χ3n) is 3.49. The van der Waals surface area contributed by atoms with Crippen LogP contribution < -0.4 is 5.56 Å². The summed E-state index contributed by atoms with van der Waals surface area (Å²) in [6, 6.07) is 16.8. The quantitative estimate of drug-likeness (QED) is 0.678. The number of carbonyl (C=O) groups excluding carboxylic acids is 1. The molecule has 2 aromatic carbocycles. The first kappa shape index (κ1) is 15.7. The maximum Gasteiger partial charge on any atom is 0.328 e. The summed E-state index contributed by atoms with van der Waals surface area (Å²) in [6.07, 6.45) is 5.19. The van der Waals surface area contributed by atoms with Gasteiger partial charge in [0.15, 0.2) is 0 Å². The van der Waals surface area contributed by atoms with E-state index in [4.69, 9.17) is 4.74 Å². The highest BCUT2D eigenvalue weighted by Crippen LogP contribution is 2.06. The minimum Gasteiger partial charge on any atom is -0.460 e. The highest BCUT2D eigenvalue weighted by atomic mass is 16.5. The number of hydrogen-bond acceptors (Lipinski definition) is 4. The van der Waals surface area contributed by atoms with Crippen molar-refractivity contribution in [3.8, 4) is 0 Å². The van der Waals surface area contributed by atoms with Gasteiger partial charge < -0.3 is 4.74 Å². The van der Waals surface area contributed by atoms with Gasteiger partial charge in [-0.05, 0) is 17.7 Å². The summed E-state index contributed by atoms with van der Waals surface area (Å²) in [5.74, 6) is -0.502. The van der Waals surface area contributed by atoms with Crippen molar-refractivity contribution in [2.24, 2.45) is 0 Å². The van der Waals surface area contributed by atoms with Gasteiger partial charge >= 0.3 is 5.97 Å². The summed E-state index contributed by atoms with van der Waals surface area (Å²) in [5, 5.41) is 5.29. The maximum absolute atomic E-state index is 12.3. The van der Waals surface area contributed by atoms with Gasteiger partial charge in [-0.1, -0.05) is 54.6 Å². The van der Waals surface area contributed by atoms with E-state index in [0.717, 1.165) is 15.6 Å². The molecule has 0 bridgehead atoms. The van der Waals surface area contributed by atoms with Gasteiger partial charge in [-0.2, -0.15) is 5.10 Å². The molecule has 1 aromatic heterocycles. The van der Waals surface area contributed by atoms with Crippen LogP contribution in [-0.4, -0.2) is 22.4 Å². The molecule has 0 N–H and O–H groups in total. The highest BCUT2D eigenvalue weighted by molar-refractivity contribution is 5.80. The van der Waals surface area contributed by atoms with Crippen LogP contribution in [0.25, 0.3) is 16.8 Å².